The fourth-order valence-electron chi connectivity index (χ4n) is 3.84. The van der Waals surface area contributed by atoms with E-state index in [9.17, 15) is 0 Å². The maximum absolute atomic E-state index is 5.96. The molecule has 0 spiro atoms. The summed E-state index contributed by atoms with van der Waals surface area (Å²) in [5.74, 6) is 1.61. The highest BCUT2D eigenvalue weighted by molar-refractivity contribution is 14.0. The van der Waals surface area contributed by atoms with Crippen molar-refractivity contribution in [2.75, 3.05) is 20.2 Å². The van der Waals surface area contributed by atoms with E-state index in [1.165, 1.54) is 25.7 Å². The predicted octanol–water partition coefficient (Wildman–Crippen LogP) is 2.77. The Balaban J connectivity index is 0.00000161. The third-order valence-corrected chi connectivity index (χ3v) is 5.63. The first kappa shape index (κ1) is 17.3. The number of ether oxygens (including phenoxy) is 1. The first-order chi connectivity index (χ1) is 9.46. The Kier molecular flexibility index (Phi) is 5.13. The van der Waals surface area contributed by atoms with E-state index < -0.39 is 0 Å². The van der Waals surface area contributed by atoms with Gasteiger partial charge in [-0.2, -0.15) is 0 Å². The molecule has 0 aromatic heterocycles. The number of rotatable bonds is 3. The number of fused-ring (bicyclic) bond motifs is 1. The van der Waals surface area contributed by atoms with Crippen molar-refractivity contribution < 1.29 is 4.74 Å². The van der Waals surface area contributed by atoms with E-state index in [1.54, 1.807) is 0 Å². The fourth-order valence-corrected chi connectivity index (χ4v) is 3.84. The lowest BCUT2D eigenvalue weighted by molar-refractivity contribution is -0.188. The Labute approximate surface area is 145 Å². The monoisotopic (exact) mass is 407 g/mol. The largest absolute Gasteiger partial charge is 0.377 e. The molecule has 4 nitrogen and oxygen atoms in total. The molecule has 0 bridgehead atoms. The van der Waals surface area contributed by atoms with E-state index in [2.05, 4.69) is 36.4 Å². The molecule has 122 valence electrons. The van der Waals surface area contributed by atoms with Gasteiger partial charge in [0.2, 0.25) is 0 Å². The van der Waals surface area contributed by atoms with Gasteiger partial charge in [-0.3, -0.25) is 4.99 Å². The van der Waals surface area contributed by atoms with Gasteiger partial charge >= 0.3 is 0 Å². The van der Waals surface area contributed by atoms with Crippen molar-refractivity contribution in [3.05, 3.63) is 0 Å². The van der Waals surface area contributed by atoms with Crippen molar-refractivity contribution in [3.8, 4) is 0 Å². The third-order valence-electron chi connectivity index (χ3n) is 5.63. The lowest BCUT2D eigenvalue weighted by Crippen LogP contribution is -2.71. The molecular weight excluding hydrogens is 377 g/mol. The van der Waals surface area contributed by atoms with Crippen molar-refractivity contribution in [2.24, 2.45) is 21.7 Å². The zero-order valence-electron chi connectivity index (χ0n) is 13.7. The molecular formula is C16H30IN3O. The molecule has 3 aliphatic rings. The molecule has 1 heterocycles. The summed E-state index contributed by atoms with van der Waals surface area (Å²) in [6, 6.07) is 0.478. The Hall–Kier alpha value is -0.0400. The van der Waals surface area contributed by atoms with Crippen LogP contribution in [-0.2, 0) is 4.74 Å². The number of guanidine groups is 1. The molecule has 0 aromatic rings. The minimum Gasteiger partial charge on any atom is -0.377 e. The quantitative estimate of drug-likeness (QED) is 0.430. The van der Waals surface area contributed by atoms with Crippen LogP contribution in [0, 0.1) is 16.7 Å². The van der Waals surface area contributed by atoms with Crippen LogP contribution in [0.25, 0.3) is 0 Å². The minimum absolute atomic E-state index is 0. The maximum Gasteiger partial charge on any atom is 0.191 e. The van der Waals surface area contributed by atoms with Crippen LogP contribution in [0.5, 0.6) is 0 Å². The van der Waals surface area contributed by atoms with E-state index in [0.717, 1.165) is 19.1 Å². The number of halogens is 1. The summed E-state index contributed by atoms with van der Waals surface area (Å²) in [6.07, 6.45) is 5.57. The highest BCUT2D eigenvalue weighted by atomic mass is 127. The molecule has 2 N–H and O–H groups in total. The molecule has 3 unspecified atom stereocenters. The first-order valence-corrected chi connectivity index (χ1v) is 8.05. The Morgan fingerprint density at radius 2 is 2.00 bits per heavy atom. The first-order valence-electron chi connectivity index (χ1n) is 8.05. The van der Waals surface area contributed by atoms with Gasteiger partial charge in [-0.05, 0) is 31.1 Å². The second-order valence-corrected chi connectivity index (χ2v) is 7.78. The molecule has 3 rings (SSSR count). The standard InChI is InChI=1S/C16H29N3O.HI/c1-15(2)12(11-6-5-9-20-13(11)15)19-14(17-4)18-10-16(3)7-8-16;/h11-13H,5-10H2,1-4H3,(H2,17,18,19);1H. The van der Waals surface area contributed by atoms with Crippen LogP contribution < -0.4 is 10.6 Å². The van der Waals surface area contributed by atoms with Crippen LogP contribution in [-0.4, -0.2) is 38.3 Å². The van der Waals surface area contributed by atoms with Crippen molar-refractivity contribution in [1.29, 1.82) is 0 Å². The molecule has 0 aromatic carbocycles. The smallest absolute Gasteiger partial charge is 0.191 e. The van der Waals surface area contributed by atoms with E-state index in [-0.39, 0.29) is 29.4 Å². The van der Waals surface area contributed by atoms with Gasteiger partial charge in [0.25, 0.3) is 0 Å². The molecule has 21 heavy (non-hydrogen) atoms. The van der Waals surface area contributed by atoms with E-state index in [1.807, 2.05) is 7.05 Å². The topological polar surface area (TPSA) is 45.7 Å². The summed E-state index contributed by atoms with van der Waals surface area (Å²) >= 11 is 0. The summed E-state index contributed by atoms with van der Waals surface area (Å²) in [7, 11) is 1.87. The van der Waals surface area contributed by atoms with Gasteiger partial charge in [-0.15, -0.1) is 24.0 Å². The van der Waals surface area contributed by atoms with Gasteiger partial charge in [0, 0.05) is 37.6 Å². The number of hydrogen-bond acceptors (Lipinski definition) is 2. The Morgan fingerprint density at radius 1 is 1.29 bits per heavy atom. The van der Waals surface area contributed by atoms with Crippen molar-refractivity contribution >= 4 is 29.9 Å². The van der Waals surface area contributed by atoms with Gasteiger partial charge in [0.1, 0.15) is 0 Å². The van der Waals surface area contributed by atoms with Crippen molar-refractivity contribution in [1.82, 2.24) is 10.6 Å². The van der Waals surface area contributed by atoms with Crippen LogP contribution in [0.2, 0.25) is 0 Å². The zero-order chi connectivity index (χ0) is 14.4. The normalized spacial score (nSPS) is 35.8. The van der Waals surface area contributed by atoms with Crippen LogP contribution >= 0.6 is 24.0 Å². The number of nitrogens with zero attached hydrogens (tertiary/aromatic N) is 1. The van der Waals surface area contributed by atoms with Gasteiger partial charge in [0.15, 0.2) is 5.96 Å². The Bertz CT molecular complexity index is 406. The molecule has 3 fully saturated rings. The molecule has 2 saturated carbocycles. The van der Waals surface area contributed by atoms with Crippen molar-refractivity contribution in [2.45, 2.75) is 58.6 Å². The summed E-state index contributed by atoms with van der Waals surface area (Å²) in [6.45, 7) is 8.93. The van der Waals surface area contributed by atoms with Gasteiger partial charge in [-0.25, -0.2) is 0 Å². The van der Waals surface area contributed by atoms with E-state index >= 15 is 0 Å². The van der Waals surface area contributed by atoms with Crippen molar-refractivity contribution in [3.63, 3.8) is 0 Å². The molecule has 1 aliphatic heterocycles. The number of nitrogens with one attached hydrogen (secondary N) is 2. The van der Waals surface area contributed by atoms with Gasteiger partial charge < -0.3 is 15.4 Å². The molecule has 5 heteroatoms. The number of hydrogen-bond donors (Lipinski definition) is 2. The van der Waals surface area contributed by atoms with Gasteiger partial charge in [0.05, 0.1) is 6.10 Å². The lowest BCUT2D eigenvalue weighted by atomic mass is 9.55. The summed E-state index contributed by atoms with van der Waals surface area (Å²) < 4.78 is 5.96. The highest BCUT2D eigenvalue weighted by Crippen LogP contribution is 2.51. The second kappa shape index (κ2) is 6.22. The van der Waals surface area contributed by atoms with Crippen LogP contribution in [0.1, 0.15) is 46.5 Å². The number of aliphatic imine (C=N–C) groups is 1. The van der Waals surface area contributed by atoms with E-state index in [4.69, 9.17) is 4.74 Å². The predicted molar refractivity (Wildman–Crippen MR) is 97.3 cm³/mol. The summed E-state index contributed by atoms with van der Waals surface area (Å²) in [5.41, 5.74) is 0.704. The molecule has 1 saturated heterocycles. The molecule has 2 aliphatic carbocycles. The molecule has 0 amide bonds. The average Bonchev–Trinajstić information content (AvgIpc) is 3.17. The lowest BCUT2D eigenvalue weighted by Gasteiger charge is -2.60. The van der Waals surface area contributed by atoms with Crippen LogP contribution in [0.15, 0.2) is 4.99 Å². The third kappa shape index (κ3) is 3.33. The summed E-state index contributed by atoms with van der Waals surface area (Å²) in [4.78, 5) is 4.40. The highest BCUT2D eigenvalue weighted by Gasteiger charge is 2.58. The SMILES string of the molecule is CN=C(NCC1(C)CC1)NC1C2CCCOC2C1(C)C.I. The van der Waals surface area contributed by atoms with Crippen LogP contribution in [0.4, 0.5) is 0 Å². The van der Waals surface area contributed by atoms with Gasteiger partial charge in [-0.1, -0.05) is 20.8 Å². The molecule has 0 radical (unpaired) electrons. The minimum atomic E-state index is 0. The molecule has 3 atom stereocenters. The van der Waals surface area contributed by atoms with Crippen LogP contribution in [0.3, 0.4) is 0 Å². The Morgan fingerprint density at radius 3 is 2.62 bits per heavy atom. The second-order valence-electron chi connectivity index (χ2n) is 7.78. The summed E-state index contributed by atoms with van der Waals surface area (Å²) in [5, 5.41) is 7.15. The maximum atomic E-state index is 5.96. The zero-order valence-corrected chi connectivity index (χ0v) is 16.1. The average molecular weight is 407 g/mol. The van der Waals surface area contributed by atoms with E-state index in [0.29, 0.717) is 23.5 Å². The fraction of sp³-hybridized carbons (Fsp3) is 0.938.